The van der Waals surface area contributed by atoms with E-state index in [9.17, 15) is 0 Å². The lowest BCUT2D eigenvalue weighted by Crippen LogP contribution is -2.38. The molecule has 1 saturated carbocycles. The maximum atomic E-state index is 6.32. The van der Waals surface area contributed by atoms with Crippen LogP contribution in [0.4, 0.5) is 0 Å². The van der Waals surface area contributed by atoms with Gasteiger partial charge in [0.2, 0.25) is 0 Å². The predicted molar refractivity (Wildman–Crippen MR) is 86.5 cm³/mol. The van der Waals surface area contributed by atoms with Crippen molar-refractivity contribution in [2.45, 2.75) is 25.0 Å². The first-order valence-electron chi connectivity index (χ1n) is 7.99. The molecule has 1 heterocycles. The van der Waals surface area contributed by atoms with Crippen molar-refractivity contribution in [1.29, 1.82) is 0 Å². The zero-order valence-corrected chi connectivity index (χ0v) is 13.2. The fourth-order valence-electron chi connectivity index (χ4n) is 4.49. The standard InChI is InChI=1S/C20H22O2/c1-19(16-11-7-4-8-12-16)20(13-17(20)14-22-19)18(21-2)15-9-5-3-6-10-15/h3-12,17-18H,13-14H2,1-2H3/t17-,18-,19-,20-/m1/s1. The van der Waals surface area contributed by atoms with Gasteiger partial charge in [0.25, 0.3) is 0 Å². The first-order valence-corrected chi connectivity index (χ1v) is 7.99. The molecule has 0 N–H and O–H groups in total. The molecule has 2 aromatic carbocycles. The summed E-state index contributed by atoms with van der Waals surface area (Å²) in [6.07, 6.45) is 1.25. The highest BCUT2D eigenvalue weighted by molar-refractivity contribution is 5.36. The molecule has 1 saturated heterocycles. The molecule has 114 valence electrons. The SMILES string of the molecule is CO[C@H](c1ccccc1)[C@@]12C[C@@H]1CO[C@]2(C)c1ccccc1. The van der Waals surface area contributed by atoms with Crippen LogP contribution in [0.15, 0.2) is 60.7 Å². The maximum absolute atomic E-state index is 6.32. The van der Waals surface area contributed by atoms with Crippen LogP contribution in [0.3, 0.4) is 0 Å². The number of hydrogen-bond acceptors (Lipinski definition) is 2. The van der Waals surface area contributed by atoms with Gasteiger partial charge in [0.15, 0.2) is 0 Å². The van der Waals surface area contributed by atoms with Gasteiger partial charge < -0.3 is 9.47 Å². The molecular formula is C20H22O2. The summed E-state index contributed by atoms with van der Waals surface area (Å²) in [4.78, 5) is 0. The van der Waals surface area contributed by atoms with Crippen molar-refractivity contribution in [2.24, 2.45) is 11.3 Å². The second-order valence-electron chi connectivity index (χ2n) is 6.68. The van der Waals surface area contributed by atoms with Gasteiger partial charge in [0.05, 0.1) is 18.3 Å². The average Bonchev–Trinajstić information content (AvgIpc) is 3.24. The third kappa shape index (κ3) is 1.74. The molecule has 0 bridgehead atoms. The normalized spacial score (nSPS) is 34.2. The average molecular weight is 294 g/mol. The minimum Gasteiger partial charge on any atom is -0.376 e. The van der Waals surface area contributed by atoms with E-state index in [1.807, 2.05) is 7.11 Å². The van der Waals surface area contributed by atoms with Crippen LogP contribution in [0.25, 0.3) is 0 Å². The van der Waals surface area contributed by atoms with Gasteiger partial charge in [0.1, 0.15) is 0 Å². The zero-order valence-electron chi connectivity index (χ0n) is 13.2. The van der Waals surface area contributed by atoms with Crippen LogP contribution in [0.1, 0.15) is 30.6 Å². The van der Waals surface area contributed by atoms with Crippen LogP contribution in [0, 0.1) is 11.3 Å². The van der Waals surface area contributed by atoms with E-state index in [4.69, 9.17) is 9.47 Å². The van der Waals surface area contributed by atoms with Crippen molar-refractivity contribution in [3.63, 3.8) is 0 Å². The number of methoxy groups -OCH3 is 1. The topological polar surface area (TPSA) is 18.5 Å². The molecule has 1 aliphatic heterocycles. The van der Waals surface area contributed by atoms with E-state index < -0.39 is 0 Å². The number of rotatable bonds is 4. The van der Waals surface area contributed by atoms with E-state index >= 15 is 0 Å². The smallest absolute Gasteiger partial charge is 0.0991 e. The lowest BCUT2D eigenvalue weighted by atomic mass is 9.74. The van der Waals surface area contributed by atoms with Gasteiger partial charge in [-0.3, -0.25) is 0 Å². The van der Waals surface area contributed by atoms with Gasteiger partial charge in [-0.05, 0) is 30.4 Å². The third-order valence-corrected chi connectivity index (χ3v) is 5.74. The molecule has 2 aromatic rings. The predicted octanol–water partition coefficient (Wildman–Crippen LogP) is 4.33. The Morgan fingerprint density at radius 3 is 2.27 bits per heavy atom. The van der Waals surface area contributed by atoms with Crippen molar-refractivity contribution >= 4 is 0 Å². The third-order valence-electron chi connectivity index (χ3n) is 5.74. The van der Waals surface area contributed by atoms with Crippen LogP contribution < -0.4 is 0 Å². The molecule has 4 atom stereocenters. The van der Waals surface area contributed by atoms with Crippen LogP contribution in [-0.2, 0) is 15.1 Å². The minimum absolute atomic E-state index is 0.0461. The molecule has 2 nitrogen and oxygen atoms in total. The molecule has 2 heteroatoms. The Bertz CT molecular complexity index is 654. The van der Waals surface area contributed by atoms with E-state index in [2.05, 4.69) is 67.6 Å². The summed E-state index contributed by atoms with van der Waals surface area (Å²) in [7, 11) is 1.82. The van der Waals surface area contributed by atoms with Gasteiger partial charge in [0, 0.05) is 12.5 Å². The van der Waals surface area contributed by atoms with Crippen molar-refractivity contribution in [1.82, 2.24) is 0 Å². The quantitative estimate of drug-likeness (QED) is 0.836. The monoisotopic (exact) mass is 294 g/mol. The highest BCUT2D eigenvalue weighted by atomic mass is 16.5. The molecule has 2 fully saturated rings. The molecule has 0 radical (unpaired) electrons. The Morgan fingerprint density at radius 2 is 1.68 bits per heavy atom. The second-order valence-corrected chi connectivity index (χ2v) is 6.68. The largest absolute Gasteiger partial charge is 0.376 e. The van der Waals surface area contributed by atoms with Gasteiger partial charge in [-0.15, -0.1) is 0 Å². The Hall–Kier alpha value is -1.64. The van der Waals surface area contributed by atoms with Crippen molar-refractivity contribution in [3.8, 4) is 0 Å². The highest BCUT2D eigenvalue weighted by Crippen LogP contribution is 2.74. The second kappa shape index (κ2) is 4.94. The summed E-state index contributed by atoms with van der Waals surface area (Å²) in [6, 6.07) is 21.2. The fraction of sp³-hybridized carbons (Fsp3) is 0.400. The van der Waals surface area contributed by atoms with Crippen LogP contribution in [-0.4, -0.2) is 13.7 Å². The summed E-state index contributed by atoms with van der Waals surface area (Å²) >= 11 is 0. The lowest BCUT2D eigenvalue weighted by Gasteiger charge is -2.39. The summed E-state index contributed by atoms with van der Waals surface area (Å²) < 4.78 is 12.3. The zero-order chi connectivity index (χ0) is 15.2. The summed E-state index contributed by atoms with van der Waals surface area (Å²) in [5.41, 5.74) is 2.27. The van der Waals surface area contributed by atoms with Crippen LogP contribution >= 0.6 is 0 Å². The van der Waals surface area contributed by atoms with Crippen molar-refractivity contribution in [3.05, 3.63) is 71.8 Å². The molecule has 0 amide bonds. The van der Waals surface area contributed by atoms with E-state index in [1.54, 1.807) is 0 Å². The molecule has 2 aliphatic rings. The van der Waals surface area contributed by atoms with E-state index in [0.29, 0.717) is 5.92 Å². The first kappa shape index (κ1) is 14.0. The number of ether oxygens (including phenoxy) is 2. The van der Waals surface area contributed by atoms with Gasteiger partial charge in [-0.2, -0.15) is 0 Å². The van der Waals surface area contributed by atoms with E-state index in [-0.39, 0.29) is 17.1 Å². The molecule has 22 heavy (non-hydrogen) atoms. The maximum Gasteiger partial charge on any atom is 0.0991 e. The first-order chi connectivity index (χ1) is 10.7. The molecule has 0 aromatic heterocycles. The summed E-state index contributed by atoms with van der Waals surface area (Å²) in [5, 5.41) is 0. The van der Waals surface area contributed by atoms with E-state index in [0.717, 1.165) is 6.61 Å². The fourth-order valence-corrected chi connectivity index (χ4v) is 4.49. The Balaban J connectivity index is 1.79. The molecule has 0 unspecified atom stereocenters. The Kier molecular flexibility index (Phi) is 3.14. The van der Waals surface area contributed by atoms with Crippen molar-refractivity contribution in [2.75, 3.05) is 13.7 Å². The summed E-state index contributed by atoms with van der Waals surface area (Å²) in [5.74, 6) is 0.586. The van der Waals surface area contributed by atoms with Crippen LogP contribution in [0.5, 0.6) is 0 Å². The summed E-state index contributed by atoms with van der Waals surface area (Å²) in [6.45, 7) is 3.07. The molecular weight excluding hydrogens is 272 g/mol. The van der Waals surface area contributed by atoms with Crippen molar-refractivity contribution < 1.29 is 9.47 Å². The molecule has 1 aliphatic carbocycles. The number of hydrogen-bond donors (Lipinski definition) is 0. The Morgan fingerprint density at radius 1 is 1.05 bits per heavy atom. The van der Waals surface area contributed by atoms with Gasteiger partial charge in [-0.1, -0.05) is 60.7 Å². The van der Waals surface area contributed by atoms with Gasteiger partial charge in [-0.25, -0.2) is 0 Å². The number of benzene rings is 2. The Labute approximate surface area is 132 Å². The molecule has 0 spiro atoms. The highest BCUT2D eigenvalue weighted by Gasteiger charge is 2.74. The lowest BCUT2D eigenvalue weighted by molar-refractivity contribution is -0.0976. The van der Waals surface area contributed by atoms with Crippen LogP contribution in [0.2, 0.25) is 0 Å². The minimum atomic E-state index is -0.282. The number of fused-ring (bicyclic) bond motifs is 1. The molecule has 4 rings (SSSR count). The van der Waals surface area contributed by atoms with E-state index in [1.165, 1.54) is 17.5 Å². The van der Waals surface area contributed by atoms with Gasteiger partial charge >= 0.3 is 0 Å².